The maximum absolute atomic E-state index is 13.9. The SMILES string of the molecule is Cc1sc2ncn(CC3CCCO3)c(=O)c2c1C(=O)NCCc1c(F)cccc1Cl. The van der Waals surface area contributed by atoms with Crippen LogP contribution in [0.15, 0.2) is 29.3 Å². The highest BCUT2D eigenvalue weighted by Gasteiger charge is 2.23. The number of fused-ring (bicyclic) bond motifs is 1. The molecule has 0 bridgehead atoms. The van der Waals surface area contributed by atoms with Crippen LogP contribution in [0.2, 0.25) is 5.02 Å². The summed E-state index contributed by atoms with van der Waals surface area (Å²) in [5, 5.41) is 3.42. The van der Waals surface area contributed by atoms with E-state index in [1.54, 1.807) is 13.0 Å². The van der Waals surface area contributed by atoms with E-state index >= 15 is 0 Å². The van der Waals surface area contributed by atoms with Crippen molar-refractivity contribution in [3.8, 4) is 0 Å². The Morgan fingerprint density at radius 2 is 2.30 bits per heavy atom. The van der Waals surface area contributed by atoms with Crippen molar-refractivity contribution in [1.82, 2.24) is 14.9 Å². The lowest BCUT2D eigenvalue weighted by molar-refractivity contribution is 0.0955. The number of aromatic nitrogens is 2. The van der Waals surface area contributed by atoms with Crippen molar-refractivity contribution < 1.29 is 13.9 Å². The smallest absolute Gasteiger partial charge is 0.262 e. The molecule has 0 saturated carbocycles. The van der Waals surface area contributed by atoms with Gasteiger partial charge in [0.15, 0.2) is 0 Å². The monoisotopic (exact) mass is 449 g/mol. The zero-order chi connectivity index (χ0) is 21.3. The van der Waals surface area contributed by atoms with E-state index in [2.05, 4.69) is 10.3 Å². The van der Waals surface area contributed by atoms with Gasteiger partial charge in [-0.2, -0.15) is 0 Å². The molecule has 1 aromatic carbocycles. The molecule has 0 aliphatic carbocycles. The Morgan fingerprint density at radius 3 is 3.03 bits per heavy atom. The number of halogens is 2. The second-order valence-electron chi connectivity index (χ2n) is 7.26. The Hall–Kier alpha value is -2.29. The molecule has 0 spiro atoms. The molecule has 1 unspecified atom stereocenters. The molecule has 2 aromatic heterocycles. The van der Waals surface area contributed by atoms with E-state index in [1.807, 2.05) is 0 Å². The third-order valence-corrected chi connectivity index (χ3v) is 6.60. The number of thiophene rings is 1. The molecule has 1 saturated heterocycles. The van der Waals surface area contributed by atoms with E-state index in [9.17, 15) is 14.0 Å². The molecular formula is C21H21ClFN3O3S. The number of hydrogen-bond donors (Lipinski definition) is 1. The minimum Gasteiger partial charge on any atom is -0.376 e. The standard InChI is InChI=1S/C21H21ClFN3O3S/c1-12-17(19(27)24-8-7-14-15(22)5-2-6-16(14)23)18-20(30-12)25-11-26(21(18)28)10-13-4-3-9-29-13/h2,5-6,11,13H,3-4,7-10H2,1H3,(H,24,27). The Bertz CT molecular complexity index is 1130. The number of nitrogens with zero attached hydrogens (tertiary/aromatic N) is 2. The average Bonchev–Trinajstić information content (AvgIpc) is 3.33. The van der Waals surface area contributed by atoms with Crippen LogP contribution >= 0.6 is 22.9 Å². The number of benzene rings is 1. The first-order valence-electron chi connectivity index (χ1n) is 9.77. The van der Waals surface area contributed by atoms with Crippen LogP contribution in [0.3, 0.4) is 0 Å². The third-order valence-electron chi connectivity index (χ3n) is 5.23. The van der Waals surface area contributed by atoms with Crippen LogP contribution < -0.4 is 10.9 Å². The summed E-state index contributed by atoms with van der Waals surface area (Å²) in [4.78, 5) is 31.6. The summed E-state index contributed by atoms with van der Waals surface area (Å²) in [7, 11) is 0. The van der Waals surface area contributed by atoms with Gasteiger partial charge in [0.25, 0.3) is 11.5 Å². The number of amides is 1. The van der Waals surface area contributed by atoms with Gasteiger partial charge >= 0.3 is 0 Å². The largest absolute Gasteiger partial charge is 0.376 e. The van der Waals surface area contributed by atoms with Crippen LogP contribution in [0.25, 0.3) is 10.2 Å². The number of ether oxygens (including phenoxy) is 1. The van der Waals surface area contributed by atoms with Gasteiger partial charge in [0.05, 0.1) is 29.9 Å². The fraction of sp³-hybridized carbons (Fsp3) is 0.381. The molecule has 1 aliphatic rings. The molecule has 3 heterocycles. The van der Waals surface area contributed by atoms with Crippen LogP contribution in [0.5, 0.6) is 0 Å². The molecule has 4 rings (SSSR count). The molecule has 6 nitrogen and oxygen atoms in total. The second kappa shape index (κ2) is 8.83. The van der Waals surface area contributed by atoms with Gasteiger partial charge in [-0.3, -0.25) is 14.2 Å². The van der Waals surface area contributed by atoms with E-state index in [4.69, 9.17) is 16.3 Å². The van der Waals surface area contributed by atoms with Crippen molar-refractivity contribution in [2.75, 3.05) is 13.2 Å². The summed E-state index contributed by atoms with van der Waals surface area (Å²) in [6, 6.07) is 4.48. The van der Waals surface area contributed by atoms with Crippen LogP contribution in [0.1, 0.15) is 33.6 Å². The molecule has 158 valence electrons. The van der Waals surface area contributed by atoms with Crippen molar-refractivity contribution >= 4 is 39.1 Å². The van der Waals surface area contributed by atoms with E-state index in [0.29, 0.717) is 44.4 Å². The van der Waals surface area contributed by atoms with Gasteiger partial charge in [-0.15, -0.1) is 11.3 Å². The molecule has 1 aliphatic heterocycles. The highest BCUT2D eigenvalue weighted by Crippen LogP contribution is 2.27. The predicted molar refractivity (Wildman–Crippen MR) is 115 cm³/mol. The van der Waals surface area contributed by atoms with Crippen molar-refractivity contribution in [2.45, 2.75) is 38.8 Å². The first-order valence-corrected chi connectivity index (χ1v) is 11.0. The number of aryl methyl sites for hydroxylation is 1. The van der Waals surface area contributed by atoms with Crippen LogP contribution in [-0.4, -0.2) is 34.7 Å². The maximum atomic E-state index is 13.9. The lowest BCUT2D eigenvalue weighted by atomic mass is 10.1. The van der Waals surface area contributed by atoms with E-state index < -0.39 is 5.82 Å². The minimum absolute atomic E-state index is 0.00974. The van der Waals surface area contributed by atoms with Crippen LogP contribution in [0, 0.1) is 12.7 Å². The zero-order valence-electron chi connectivity index (χ0n) is 16.4. The van der Waals surface area contributed by atoms with Crippen molar-refractivity contribution in [1.29, 1.82) is 0 Å². The topological polar surface area (TPSA) is 73.2 Å². The Morgan fingerprint density at radius 1 is 1.47 bits per heavy atom. The molecule has 9 heteroatoms. The summed E-state index contributed by atoms with van der Waals surface area (Å²) in [5.74, 6) is -0.782. The minimum atomic E-state index is -0.407. The normalized spacial score (nSPS) is 16.3. The quantitative estimate of drug-likeness (QED) is 0.622. The van der Waals surface area contributed by atoms with E-state index in [1.165, 1.54) is 34.4 Å². The summed E-state index contributed by atoms with van der Waals surface area (Å²) in [5.41, 5.74) is 0.433. The summed E-state index contributed by atoms with van der Waals surface area (Å²) in [6.07, 6.45) is 3.64. The number of hydrogen-bond acceptors (Lipinski definition) is 5. The second-order valence-corrected chi connectivity index (χ2v) is 8.87. The lowest BCUT2D eigenvalue weighted by Gasteiger charge is -2.11. The van der Waals surface area contributed by atoms with Gasteiger partial charge < -0.3 is 10.1 Å². The molecule has 0 radical (unpaired) electrons. The van der Waals surface area contributed by atoms with Gasteiger partial charge in [0.1, 0.15) is 10.6 Å². The van der Waals surface area contributed by atoms with Gasteiger partial charge in [0, 0.05) is 28.6 Å². The van der Waals surface area contributed by atoms with Gasteiger partial charge in [-0.05, 0) is 38.3 Å². The number of nitrogens with one attached hydrogen (secondary N) is 1. The maximum Gasteiger partial charge on any atom is 0.262 e. The van der Waals surface area contributed by atoms with Crippen molar-refractivity contribution in [3.05, 3.63) is 61.7 Å². The molecule has 1 fully saturated rings. The van der Waals surface area contributed by atoms with Crippen LogP contribution in [-0.2, 0) is 17.7 Å². The Labute approximate surface area is 181 Å². The molecule has 1 amide bonds. The highest BCUT2D eigenvalue weighted by atomic mass is 35.5. The van der Waals surface area contributed by atoms with Gasteiger partial charge in [-0.25, -0.2) is 9.37 Å². The average molecular weight is 450 g/mol. The van der Waals surface area contributed by atoms with Crippen LogP contribution in [0.4, 0.5) is 4.39 Å². The van der Waals surface area contributed by atoms with Crippen molar-refractivity contribution in [2.24, 2.45) is 0 Å². The summed E-state index contributed by atoms with van der Waals surface area (Å²) in [6.45, 7) is 3.11. The third kappa shape index (κ3) is 4.12. The first kappa shape index (κ1) is 21.0. The first-order chi connectivity index (χ1) is 14.5. The Balaban J connectivity index is 1.55. The predicted octanol–water partition coefficient (Wildman–Crippen LogP) is 3.71. The fourth-order valence-electron chi connectivity index (χ4n) is 3.71. The highest BCUT2D eigenvalue weighted by molar-refractivity contribution is 7.19. The molecule has 1 atom stereocenters. The zero-order valence-corrected chi connectivity index (χ0v) is 18.0. The number of carbonyl (C=O) groups excluding carboxylic acids is 1. The molecule has 1 N–H and O–H groups in total. The number of carbonyl (C=O) groups is 1. The van der Waals surface area contributed by atoms with E-state index in [-0.39, 0.29) is 30.5 Å². The van der Waals surface area contributed by atoms with Crippen molar-refractivity contribution in [3.63, 3.8) is 0 Å². The van der Waals surface area contributed by atoms with Gasteiger partial charge in [-0.1, -0.05) is 17.7 Å². The number of rotatable bonds is 6. The fourth-order valence-corrected chi connectivity index (χ4v) is 4.94. The molecule has 30 heavy (non-hydrogen) atoms. The molecular weight excluding hydrogens is 429 g/mol. The van der Waals surface area contributed by atoms with Gasteiger partial charge in [0.2, 0.25) is 0 Å². The summed E-state index contributed by atoms with van der Waals surface area (Å²) >= 11 is 7.35. The Kier molecular flexibility index (Phi) is 6.17. The molecule has 3 aromatic rings. The summed E-state index contributed by atoms with van der Waals surface area (Å²) < 4.78 is 21.1. The lowest BCUT2D eigenvalue weighted by Crippen LogP contribution is -2.30. The van der Waals surface area contributed by atoms with E-state index in [0.717, 1.165) is 12.8 Å².